The monoisotopic (exact) mass is 466 g/mol. The maximum absolute atomic E-state index is 14.2. The topological polar surface area (TPSA) is 41.6 Å². The number of piperidine rings is 1. The number of thioether (sulfide) groups is 1. The fourth-order valence-corrected chi connectivity index (χ4v) is 4.15. The average molecular weight is 467 g/mol. The van der Waals surface area contributed by atoms with Crippen LogP contribution in [-0.2, 0) is 9.53 Å². The van der Waals surface area contributed by atoms with Crippen molar-refractivity contribution in [3.8, 4) is 0 Å². The molecule has 0 atom stereocenters. The van der Waals surface area contributed by atoms with E-state index in [1.165, 1.54) is 6.07 Å². The molecule has 2 heterocycles. The molecule has 1 aromatic rings. The predicted molar refractivity (Wildman–Crippen MR) is 117 cm³/mol. The van der Waals surface area contributed by atoms with Gasteiger partial charge in [0, 0.05) is 29.5 Å². The number of benzene rings is 1. The third-order valence-corrected chi connectivity index (χ3v) is 6.06. The first-order valence-corrected chi connectivity index (χ1v) is 11.3. The number of nitrogens with zero attached hydrogens (tertiary/aromatic N) is 1. The fraction of sp³-hybridized carbons (Fsp3) is 0.381. The highest BCUT2D eigenvalue weighted by Gasteiger charge is 2.22. The van der Waals surface area contributed by atoms with Crippen molar-refractivity contribution in [2.75, 3.05) is 36.1 Å². The summed E-state index contributed by atoms with van der Waals surface area (Å²) in [5, 5.41) is 2.71. The third kappa shape index (κ3) is 6.41. The fourth-order valence-electron chi connectivity index (χ4n) is 3.15. The van der Waals surface area contributed by atoms with Crippen molar-refractivity contribution in [3.63, 3.8) is 0 Å². The molecule has 2 aliphatic heterocycles. The Morgan fingerprint density at radius 2 is 2.11 bits per heavy atom. The number of amides is 1. The lowest BCUT2D eigenvalue weighted by Crippen LogP contribution is -2.35. The van der Waals surface area contributed by atoms with Gasteiger partial charge in [0.05, 0.1) is 18.0 Å². The largest absolute Gasteiger partial charge is 0.494 e. The summed E-state index contributed by atoms with van der Waals surface area (Å²) < 4.78 is 20.9. The van der Waals surface area contributed by atoms with Crippen molar-refractivity contribution in [2.45, 2.75) is 12.8 Å². The molecule has 0 aliphatic carbocycles. The van der Waals surface area contributed by atoms with Crippen LogP contribution >= 0.6 is 27.7 Å². The summed E-state index contributed by atoms with van der Waals surface area (Å²) in [7, 11) is 0. The summed E-state index contributed by atoms with van der Waals surface area (Å²) in [6.07, 6.45) is 11.2. The van der Waals surface area contributed by atoms with Crippen LogP contribution in [0.3, 0.4) is 0 Å². The van der Waals surface area contributed by atoms with E-state index in [0.717, 1.165) is 41.9 Å². The second-order valence-electron chi connectivity index (χ2n) is 6.74. The number of allylic oxidation sites excluding steroid dienone is 3. The van der Waals surface area contributed by atoms with Gasteiger partial charge < -0.3 is 15.0 Å². The van der Waals surface area contributed by atoms with E-state index >= 15 is 0 Å². The van der Waals surface area contributed by atoms with Crippen molar-refractivity contribution in [3.05, 3.63) is 64.8 Å². The number of hydrogen-bond acceptors (Lipinski definition) is 4. The maximum Gasteiger partial charge on any atom is 0.233 e. The van der Waals surface area contributed by atoms with Crippen LogP contribution in [0.5, 0.6) is 0 Å². The van der Waals surface area contributed by atoms with E-state index in [2.05, 4.69) is 26.1 Å². The van der Waals surface area contributed by atoms with E-state index in [-0.39, 0.29) is 11.7 Å². The van der Waals surface area contributed by atoms with Crippen molar-refractivity contribution in [2.24, 2.45) is 5.92 Å². The first-order valence-electron chi connectivity index (χ1n) is 9.35. The number of carbonyl (C=O) groups is 1. The van der Waals surface area contributed by atoms with E-state index < -0.39 is 0 Å². The van der Waals surface area contributed by atoms with Gasteiger partial charge in [0.1, 0.15) is 11.6 Å². The molecule has 1 amide bonds. The van der Waals surface area contributed by atoms with E-state index in [1.807, 2.05) is 30.4 Å². The number of rotatable bonds is 4. The number of carbonyl (C=O) groups excluding carboxylic acids is 1. The second-order valence-corrected chi connectivity index (χ2v) is 8.69. The first kappa shape index (κ1) is 21.0. The van der Waals surface area contributed by atoms with Crippen molar-refractivity contribution in [1.82, 2.24) is 5.32 Å². The van der Waals surface area contributed by atoms with Crippen LogP contribution < -0.4 is 10.2 Å². The van der Waals surface area contributed by atoms with Crippen LogP contribution in [0.25, 0.3) is 0 Å². The van der Waals surface area contributed by atoms with Crippen LogP contribution in [0.4, 0.5) is 10.1 Å². The Kier molecular flexibility index (Phi) is 8.03. The zero-order valence-electron chi connectivity index (χ0n) is 15.6. The molecular formula is C21H24BrFN2O2S. The highest BCUT2D eigenvalue weighted by Crippen LogP contribution is 2.28. The highest BCUT2D eigenvalue weighted by atomic mass is 79.9. The molecular weight excluding hydrogens is 443 g/mol. The summed E-state index contributed by atoms with van der Waals surface area (Å²) in [6, 6.07) is 5.23. The Morgan fingerprint density at radius 1 is 1.29 bits per heavy atom. The number of hydrogen-bond donors (Lipinski definition) is 1. The van der Waals surface area contributed by atoms with Gasteiger partial charge in [-0.05, 0) is 55.2 Å². The van der Waals surface area contributed by atoms with Gasteiger partial charge >= 0.3 is 0 Å². The summed E-state index contributed by atoms with van der Waals surface area (Å²) in [5.74, 6) is 2.26. The Hall–Kier alpha value is -1.73. The van der Waals surface area contributed by atoms with Crippen LogP contribution in [0.1, 0.15) is 12.8 Å². The van der Waals surface area contributed by atoms with Crippen molar-refractivity contribution < 1.29 is 13.9 Å². The van der Waals surface area contributed by atoms with E-state index in [9.17, 15) is 9.18 Å². The number of anilines is 1. The van der Waals surface area contributed by atoms with Crippen LogP contribution in [0.2, 0.25) is 0 Å². The van der Waals surface area contributed by atoms with E-state index in [0.29, 0.717) is 24.0 Å². The van der Waals surface area contributed by atoms with Gasteiger partial charge in [0.15, 0.2) is 0 Å². The SMILES string of the molecule is O=C1CSC/C=C(OCC2CCN(c3ccc(Br)cc3F)CC2)/C=C\C=C\N1. The van der Waals surface area contributed by atoms with E-state index in [4.69, 9.17) is 4.74 Å². The van der Waals surface area contributed by atoms with Crippen LogP contribution in [0, 0.1) is 11.7 Å². The molecule has 0 unspecified atom stereocenters. The molecule has 1 N–H and O–H groups in total. The Labute approximate surface area is 178 Å². The van der Waals surface area contributed by atoms with Crippen molar-refractivity contribution >= 4 is 39.3 Å². The molecule has 1 saturated heterocycles. The van der Waals surface area contributed by atoms with Gasteiger partial charge in [-0.15, -0.1) is 11.8 Å². The molecule has 0 spiro atoms. The molecule has 1 aromatic carbocycles. The molecule has 2 aliphatic rings. The van der Waals surface area contributed by atoms with Crippen LogP contribution in [-0.4, -0.2) is 37.1 Å². The lowest BCUT2D eigenvalue weighted by molar-refractivity contribution is -0.117. The Morgan fingerprint density at radius 3 is 2.89 bits per heavy atom. The van der Waals surface area contributed by atoms with Gasteiger partial charge in [0.2, 0.25) is 5.91 Å². The molecule has 4 nitrogen and oxygen atoms in total. The van der Waals surface area contributed by atoms with Gasteiger partial charge in [-0.25, -0.2) is 4.39 Å². The van der Waals surface area contributed by atoms with Crippen molar-refractivity contribution in [1.29, 1.82) is 0 Å². The number of nitrogens with one attached hydrogen (secondary N) is 1. The minimum absolute atomic E-state index is 0.00129. The summed E-state index contributed by atoms with van der Waals surface area (Å²) in [6.45, 7) is 2.31. The minimum atomic E-state index is -0.185. The zero-order valence-corrected chi connectivity index (χ0v) is 18.0. The molecule has 0 saturated carbocycles. The zero-order chi connectivity index (χ0) is 19.8. The highest BCUT2D eigenvalue weighted by molar-refractivity contribution is 9.10. The van der Waals surface area contributed by atoms with Gasteiger partial charge in [-0.3, -0.25) is 4.79 Å². The normalized spacial score (nSPS) is 23.1. The number of ether oxygens (including phenoxy) is 1. The summed E-state index contributed by atoms with van der Waals surface area (Å²) in [4.78, 5) is 13.6. The summed E-state index contributed by atoms with van der Waals surface area (Å²) in [5.41, 5.74) is 0.670. The third-order valence-electron chi connectivity index (χ3n) is 4.70. The average Bonchev–Trinajstić information content (AvgIpc) is 2.73. The maximum atomic E-state index is 14.2. The number of halogens is 2. The van der Waals surface area contributed by atoms with Crippen LogP contribution in [0.15, 0.2) is 58.9 Å². The van der Waals surface area contributed by atoms with Gasteiger partial charge in [-0.1, -0.05) is 22.0 Å². The lowest BCUT2D eigenvalue weighted by Gasteiger charge is -2.33. The standard InChI is InChI=1S/C21H24BrFN2O2S/c22-17-4-5-20(19(23)13-17)25-10-6-16(7-11-25)14-27-18-3-1-2-9-24-21(26)15-28-12-8-18/h1-5,8-9,13,16H,6-7,10-12,14-15H2,(H,24,26)/b3-1-,9-2+,18-8-. The van der Waals surface area contributed by atoms with Gasteiger partial charge in [0.25, 0.3) is 0 Å². The molecule has 28 heavy (non-hydrogen) atoms. The molecule has 1 fully saturated rings. The Bertz CT molecular complexity index is 774. The smallest absolute Gasteiger partial charge is 0.233 e. The second kappa shape index (κ2) is 10.7. The summed E-state index contributed by atoms with van der Waals surface area (Å²) >= 11 is 4.86. The van der Waals surface area contributed by atoms with Gasteiger partial charge in [-0.2, -0.15) is 0 Å². The molecule has 7 heteroatoms. The molecule has 150 valence electrons. The lowest BCUT2D eigenvalue weighted by atomic mass is 9.97. The minimum Gasteiger partial charge on any atom is -0.494 e. The first-order chi connectivity index (χ1) is 13.6. The molecule has 0 bridgehead atoms. The van der Waals surface area contributed by atoms with E-state index in [1.54, 1.807) is 24.0 Å². The quantitative estimate of drug-likeness (QED) is 0.701. The molecule has 0 radical (unpaired) electrons. The molecule has 0 aromatic heterocycles. The Balaban J connectivity index is 1.49. The molecule has 3 rings (SSSR count). The predicted octanol–water partition coefficient (Wildman–Crippen LogP) is 4.64.